The molecule has 160 valence electrons. The highest BCUT2D eigenvalue weighted by molar-refractivity contribution is 14.0. The van der Waals surface area contributed by atoms with Crippen LogP contribution >= 0.6 is 24.0 Å². The van der Waals surface area contributed by atoms with E-state index in [9.17, 15) is 13.2 Å². The fourth-order valence-electron chi connectivity index (χ4n) is 3.27. The van der Waals surface area contributed by atoms with E-state index in [2.05, 4.69) is 16.4 Å². The third-order valence-electron chi connectivity index (χ3n) is 4.96. The van der Waals surface area contributed by atoms with Gasteiger partial charge in [-0.15, -0.1) is 24.0 Å². The Balaban J connectivity index is 0.00000392. The van der Waals surface area contributed by atoms with Gasteiger partial charge in [-0.1, -0.05) is 17.7 Å². The molecule has 1 aromatic carbocycles. The lowest BCUT2D eigenvalue weighted by molar-refractivity contribution is -0.181. The van der Waals surface area contributed by atoms with Crippen LogP contribution in [0.5, 0.6) is 5.75 Å². The summed E-state index contributed by atoms with van der Waals surface area (Å²) in [5.41, 5.74) is 2.29. The van der Waals surface area contributed by atoms with Crippen LogP contribution in [-0.4, -0.2) is 74.9 Å². The zero-order valence-corrected chi connectivity index (χ0v) is 19.2. The van der Waals surface area contributed by atoms with Gasteiger partial charge in [-0.25, -0.2) is 0 Å². The van der Waals surface area contributed by atoms with Crippen LogP contribution in [0.4, 0.5) is 13.2 Å². The van der Waals surface area contributed by atoms with Gasteiger partial charge < -0.3 is 15.0 Å². The van der Waals surface area contributed by atoms with E-state index in [0.717, 1.165) is 23.7 Å². The summed E-state index contributed by atoms with van der Waals surface area (Å²) in [4.78, 5) is 7.76. The molecule has 0 bridgehead atoms. The molecule has 9 heteroatoms. The van der Waals surface area contributed by atoms with Crippen molar-refractivity contribution >= 4 is 29.9 Å². The molecule has 1 aliphatic heterocycles. The number of hydrogen-bond donors (Lipinski definition) is 1. The van der Waals surface area contributed by atoms with Crippen molar-refractivity contribution in [1.29, 1.82) is 0 Å². The molecule has 0 amide bonds. The summed E-state index contributed by atoms with van der Waals surface area (Å²) in [5, 5.41) is 3.31. The number of ether oxygens (including phenoxy) is 1. The summed E-state index contributed by atoms with van der Waals surface area (Å²) >= 11 is 0. The highest BCUT2D eigenvalue weighted by Gasteiger charge is 2.41. The monoisotopic (exact) mass is 514 g/mol. The Morgan fingerprint density at radius 3 is 2.43 bits per heavy atom. The van der Waals surface area contributed by atoms with Gasteiger partial charge in [-0.3, -0.25) is 9.89 Å². The number of piperazine rings is 1. The quantitative estimate of drug-likeness (QED) is 0.372. The fraction of sp³-hybridized carbons (Fsp3) is 0.632. The van der Waals surface area contributed by atoms with Gasteiger partial charge >= 0.3 is 6.18 Å². The fourth-order valence-corrected chi connectivity index (χ4v) is 3.27. The van der Waals surface area contributed by atoms with Gasteiger partial charge in [0.25, 0.3) is 0 Å². The molecule has 1 N–H and O–H groups in total. The number of halogens is 4. The van der Waals surface area contributed by atoms with Crippen molar-refractivity contribution in [1.82, 2.24) is 15.1 Å². The molecule has 1 atom stereocenters. The van der Waals surface area contributed by atoms with Crippen LogP contribution in [0.2, 0.25) is 0 Å². The molecule has 0 spiro atoms. The van der Waals surface area contributed by atoms with Gasteiger partial charge in [-0.05, 0) is 31.9 Å². The maximum atomic E-state index is 12.9. The van der Waals surface area contributed by atoms with E-state index >= 15 is 0 Å². The zero-order valence-electron chi connectivity index (χ0n) is 16.8. The van der Waals surface area contributed by atoms with E-state index in [1.807, 2.05) is 24.0 Å². The molecular formula is C19H30F3IN4O. The number of nitrogens with one attached hydrogen (secondary N) is 1. The molecule has 0 radical (unpaired) electrons. The molecule has 1 unspecified atom stereocenters. The van der Waals surface area contributed by atoms with E-state index < -0.39 is 12.2 Å². The van der Waals surface area contributed by atoms with Gasteiger partial charge in [0.1, 0.15) is 11.8 Å². The minimum atomic E-state index is -4.19. The van der Waals surface area contributed by atoms with E-state index in [-0.39, 0.29) is 24.0 Å². The predicted octanol–water partition coefficient (Wildman–Crippen LogP) is 3.31. The van der Waals surface area contributed by atoms with Crippen molar-refractivity contribution in [2.45, 2.75) is 32.5 Å². The van der Waals surface area contributed by atoms with Gasteiger partial charge in [0.15, 0.2) is 5.96 Å². The summed E-state index contributed by atoms with van der Waals surface area (Å²) in [6, 6.07) is 4.65. The van der Waals surface area contributed by atoms with Crippen LogP contribution in [0.15, 0.2) is 23.2 Å². The van der Waals surface area contributed by atoms with Crippen molar-refractivity contribution in [3.8, 4) is 5.75 Å². The van der Waals surface area contributed by atoms with E-state index in [4.69, 9.17) is 4.74 Å². The van der Waals surface area contributed by atoms with E-state index in [1.54, 1.807) is 14.2 Å². The van der Waals surface area contributed by atoms with Crippen LogP contribution in [0.25, 0.3) is 0 Å². The smallest absolute Gasteiger partial charge is 0.403 e. The topological polar surface area (TPSA) is 40.1 Å². The average Bonchev–Trinajstić information content (AvgIpc) is 2.64. The second kappa shape index (κ2) is 11.1. The molecule has 0 saturated carbocycles. The normalized spacial score (nSPS) is 17.1. The number of rotatable bonds is 5. The Labute approximate surface area is 182 Å². The summed E-state index contributed by atoms with van der Waals surface area (Å²) < 4.78 is 44.0. The largest absolute Gasteiger partial charge is 0.496 e. The minimum Gasteiger partial charge on any atom is -0.496 e. The molecule has 2 rings (SSSR count). The van der Waals surface area contributed by atoms with E-state index in [1.165, 1.54) is 17.4 Å². The maximum Gasteiger partial charge on any atom is 0.403 e. The molecule has 0 aromatic heterocycles. The van der Waals surface area contributed by atoms with E-state index in [0.29, 0.717) is 32.7 Å². The Hall–Kier alpha value is -1.23. The van der Waals surface area contributed by atoms with Crippen LogP contribution in [0.1, 0.15) is 18.1 Å². The molecule has 0 aliphatic carbocycles. The van der Waals surface area contributed by atoms with Crippen LogP contribution in [0, 0.1) is 6.92 Å². The zero-order chi connectivity index (χ0) is 20.0. The number of guanidine groups is 1. The Morgan fingerprint density at radius 1 is 1.25 bits per heavy atom. The summed E-state index contributed by atoms with van der Waals surface area (Å²) in [6.45, 7) is 5.71. The number of aryl methyl sites for hydroxylation is 1. The molecule has 1 saturated heterocycles. The predicted molar refractivity (Wildman–Crippen MR) is 117 cm³/mol. The minimum absolute atomic E-state index is 0. The second-order valence-corrected chi connectivity index (χ2v) is 6.78. The molecule has 1 aliphatic rings. The summed E-state index contributed by atoms with van der Waals surface area (Å²) in [7, 11) is 3.35. The molecule has 1 heterocycles. The lowest BCUT2D eigenvalue weighted by Gasteiger charge is -2.39. The highest BCUT2D eigenvalue weighted by Crippen LogP contribution is 2.25. The van der Waals surface area contributed by atoms with Crippen LogP contribution < -0.4 is 10.1 Å². The molecule has 1 fully saturated rings. The van der Waals surface area contributed by atoms with Crippen molar-refractivity contribution in [3.63, 3.8) is 0 Å². The first-order valence-electron chi connectivity index (χ1n) is 9.16. The number of aliphatic imine (C=N–C) groups is 1. The Morgan fingerprint density at radius 2 is 1.89 bits per heavy atom. The summed E-state index contributed by atoms with van der Waals surface area (Å²) in [5.74, 6) is 1.58. The molecular weight excluding hydrogens is 484 g/mol. The lowest BCUT2D eigenvalue weighted by Crippen LogP contribution is -2.56. The lowest BCUT2D eigenvalue weighted by atomic mass is 10.1. The van der Waals surface area contributed by atoms with Crippen molar-refractivity contribution in [3.05, 3.63) is 29.3 Å². The number of hydrogen-bond acceptors (Lipinski definition) is 3. The first kappa shape index (κ1) is 24.8. The highest BCUT2D eigenvalue weighted by atomic mass is 127. The molecule has 28 heavy (non-hydrogen) atoms. The van der Waals surface area contributed by atoms with Gasteiger partial charge in [0, 0.05) is 39.8 Å². The second-order valence-electron chi connectivity index (χ2n) is 6.78. The van der Waals surface area contributed by atoms with Crippen molar-refractivity contribution in [2.75, 3.05) is 46.9 Å². The average molecular weight is 514 g/mol. The maximum absolute atomic E-state index is 12.9. The standard InChI is InChI=1S/C19H29F3N4O.HI/c1-14-5-6-17(27-4)16(13-14)7-8-24-18(23-3)26-11-9-25(10-12-26)15(2)19(20,21)22;/h5-6,13,15H,7-12H2,1-4H3,(H,23,24);1H. The van der Waals surface area contributed by atoms with Gasteiger partial charge in [0.05, 0.1) is 7.11 Å². The Bertz CT molecular complexity index is 647. The van der Waals surface area contributed by atoms with Crippen LogP contribution in [-0.2, 0) is 6.42 Å². The first-order chi connectivity index (χ1) is 12.8. The van der Waals surface area contributed by atoms with Crippen molar-refractivity contribution < 1.29 is 17.9 Å². The number of benzene rings is 1. The van der Waals surface area contributed by atoms with Gasteiger partial charge in [0.2, 0.25) is 0 Å². The SMILES string of the molecule is CN=C(NCCc1cc(C)ccc1OC)N1CCN(C(C)C(F)(F)F)CC1.I. The molecule has 1 aromatic rings. The Kier molecular flexibility index (Phi) is 9.82. The molecule has 5 nitrogen and oxygen atoms in total. The van der Waals surface area contributed by atoms with Gasteiger partial charge in [-0.2, -0.15) is 13.2 Å². The van der Waals surface area contributed by atoms with Crippen molar-refractivity contribution in [2.24, 2.45) is 4.99 Å². The summed E-state index contributed by atoms with van der Waals surface area (Å²) in [6.07, 6.45) is -3.41. The first-order valence-corrected chi connectivity index (χ1v) is 9.16. The third kappa shape index (κ3) is 6.68. The third-order valence-corrected chi connectivity index (χ3v) is 4.96. The number of alkyl halides is 3. The number of methoxy groups -OCH3 is 1. The van der Waals surface area contributed by atoms with Crippen LogP contribution in [0.3, 0.4) is 0 Å². The number of nitrogens with zero attached hydrogens (tertiary/aromatic N) is 3.